The van der Waals surface area contributed by atoms with Gasteiger partial charge in [-0.2, -0.15) is 0 Å². The van der Waals surface area contributed by atoms with Gasteiger partial charge in [0.15, 0.2) is 0 Å². The summed E-state index contributed by atoms with van der Waals surface area (Å²) in [6.07, 6.45) is 27.9. The lowest BCUT2D eigenvalue weighted by Crippen LogP contribution is -2.38. The van der Waals surface area contributed by atoms with Crippen molar-refractivity contribution >= 4 is 5.97 Å². The third-order valence-corrected chi connectivity index (χ3v) is 7.86. The second-order valence-electron chi connectivity index (χ2n) is 10.5. The fraction of sp³-hybridized carbons (Fsp3) is 0.967. The molecule has 0 aromatic heterocycles. The molecular formula is C30H59O2. The second kappa shape index (κ2) is 22.3. The smallest absolute Gasteiger partial charge is 0.247 e. The van der Waals surface area contributed by atoms with Crippen molar-refractivity contribution in [2.45, 2.75) is 175 Å². The molecule has 0 saturated heterocycles. The van der Waals surface area contributed by atoms with E-state index in [1.54, 1.807) is 0 Å². The Labute approximate surface area is 202 Å². The zero-order valence-electron chi connectivity index (χ0n) is 22.7. The van der Waals surface area contributed by atoms with Crippen LogP contribution in [0, 0.1) is 11.3 Å². The normalized spacial score (nSPS) is 14.4. The fourth-order valence-corrected chi connectivity index (χ4v) is 5.52. The van der Waals surface area contributed by atoms with Gasteiger partial charge in [0, 0.05) is 0 Å². The molecule has 2 heteroatoms. The van der Waals surface area contributed by atoms with Crippen LogP contribution in [0.25, 0.3) is 0 Å². The van der Waals surface area contributed by atoms with Gasteiger partial charge >= 0.3 is 5.97 Å². The molecule has 0 bridgehead atoms. The van der Waals surface area contributed by atoms with E-state index in [2.05, 4.69) is 27.7 Å². The molecule has 2 atom stereocenters. The molecule has 0 spiro atoms. The molecule has 0 N–H and O–H groups in total. The Morgan fingerprint density at radius 2 is 0.875 bits per heavy atom. The van der Waals surface area contributed by atoms with E-state index in [9.17, 15) is 9.90 Å². The van der Waals surface area contributed by atoms with Crippen molar-refractivity contribution in [3.05, 3.63) is 0 Å². The van der Waals surface area contributed by atoms with E-state index in [4.69, 9.17) is 0 Å². The summed E-state index contributed by atoms with van der Waals surface area (Å²) in [6.45, 7) is 8.87. The Bertz CT molecular complexity index is 406. The van der Waals surface area contributed by atoms with E-state index in [0.717, 1.165) is 32.1 Å². The lowest BCUT2D eigenvalue weighted by atomic mass is 9.66. The van der Waals surface area contributed by atoms with Crippen LogP contribution in [0.3, 0.4) is 0 Å². The van der Waals surface area contributed by atoms with Gasteiger partial charge in [-0.25, -0.2) is 9.90 Å². The van der Waals surface area contributed by atoms with E-state index < -0.39 is 11.4 Å². The number of hydrogen-bond acceptors (Lipinski definition) is 1. The minimum absolute atomic E-state index is 0.301. The van der Waals surface area contributed by atoms with Crippen LogP contribution >= 0.6 is 0 Å². The predicted molar refractivity (Wildman–Crippen MR) is 141 cm³/mol. The van der Waals surface area contributed by atoms with Gasteiger partial charge in [0.1, 0.15) is 0 Å². The Kier molecular flexibility index (Phi) is 21.9. The van der Waals surface area contributed by atoms with E-state index in [-0.39, 0.29) is 0 Å². The van der Waals surface area contributed by atoms with E-state index in [0.29, 0.717) is 5.92 Å². The zero-order chi connectivity index (χ0) is 23.9. The number of unbranched alkanes of at least 4 members (excludes halogenated alkanes) is 16. The molecule has 2 nitrogen and oxygen atoms in total. The molecule has 0 aromatic carbocycles. The van der Waals surface area contributed by atoms with Gasteiger partial charge in [0.2, 0.25) is 0 Å². The summed E-state index contributed by atoms with van der Waals surface area (Å²) < 4.78 is 0. The summed E-state index contributed by atoms with van der Waals surface area (Å²) in [5.41, 5.74) is -0.601. The van der Waals surface area contributed by atoms with Crippen molar-refractivity contribution in [2.24, 2.45) is 11.3 Å². The van der Waals surface area contributed by atoms with Crippen LogP contribution in [0.4, 0.5) is 0 Å². The van der Waals surface area contributed by atoms with Gasteiger partial charge < -0.3 is 0 Å². The Balaban J connectivity index is 4.83. The van der Waals surface area contributed by atoms with Gasteiger partial charge in [-0.15, -0.1) is 0 Å². The molecule has 32 heavy (non-hydrogen) atoms. The van der Waals surface area contributed by atoms with Gasteiger partial charge in [-0.05, 0) is 31.6 Å². The molecule has 0 heterocycles. The zero-order valence-corrected chi connectivity index (χ0v) is 22.7. The molecule has 0 aromatic rings. The van der Waals surface area contributed by atoms with Crippen molar-refractivity contribution in [3.8, 4) is 0 Å². The van der Waals surface area contributed by atoms with Crippen LogP contribution in [-0.4, -0.2) is 5.97 Å². The molecule has 2 unspecified atom stereocenters. The molecule has 1 radical (unpaired) electrons. The van der Waals surface area contributed by atoms with Gasteiger partial charge in [-0.1, -0.05) is 150 Å². The highest BCUT2D eigenvalue weighted by Crippen LogP contribution is 2.43. The van der Waals surface area contributed by atoms with E-state index in [1.165, 1.54) is 116 Å². The monoisotopic (exact) mass is 451 g/mol. The topological polar surface area (TPSA) is 37.0 Å². The summed E-state index contributed by atoms with van der Waals surface area (Å²) in [7, 11) is 0. The summed E-state index contributed by atoms with van der Waals surface area (Å²) in [4.78, 5) is 12.5. The first-order valence-corrected chi connectivity index (χ1v) is 14.8. The molecule has 0 fully saturated rings. The van der Waals surface area contributed by atoms with Crippen LogP contribution in [0.5, 0.6) is 0 Å². The van der Waals surface area contributed by atoms with Crippen molar-refractivity contribution < 1.29 is 9.90 Å². The summed E-state index contributed by atoms with van der Waals surface area (Å²) in [5.74, 6) is -0.456. The second-order valence-corrected chi connectivity index (χ2v) is 10.5. The van der Waals surface area contributed by atoms with Gasteiger partial charge in [0.25, 0.3) is 0 Å². The maximum atomic E-state index is 12.5. The number of rotatable bonds is 25. The first-order chi connectivity index (χ1) is 15.6. The predicted octanol–water partition coefficient (Wildman–Crippen LogP) is 10.6. The largest absolute Gasteiger partial charge is 0.361 e. The minimum atomic E-state index is -0.757. The number of carbonyl (C=O) groups excluding carboxylic acids is 1. The standard InChI is InChI=1S/C30H59O2/c1-5-9-12-15-18-20-23-26-28(25-22-19-16-13-10-6-2)30(8-4,29(31)32)27-24-21-17-14-11-7-3/h28H,5-27H2,1-4H3. The third-order valence-electron chi connectivity index (χ3n) is 7.86. The highest BCUT2D eigenvalue weighted by molar-refractivity contribution is 5.74. The Hall–Kier alpha value is -0.530. The van der Waals surface area contributed by atoms with Gasteiger partial charge in [0.05, 0.1) is 5.41 Å². The maximum Gasteiger partial charge on any atom is 0.361 e. The average Bonchev–Trinajstić information content (AvgIpc) is 2.79. The number of hydrogen-bond donors (Lipinski definition) is 0. The fourth-order valence-electron chi connectivity index (χ4n) is 5.52. The van der Waals surface area contributed by atoms with Crippen molar-refractivity contribution in [1.82, 2.24) is 0 Å². The maximum absolute atomic E-state index is 12.5. The molecular weight excluding hydrogens is 392 g/mol. The summed E-state index contributed by atoms with van der Waals surface area (Å²) in [5, 5.41) is 12.5. The molecule has 0 aliphatic rings. The van der Waals surface area contributed by atoms with Crippen LogP contribution < -0.4 is 0 Å². The van der Waals surface area contributed by atoms with E-state index >= 15 is 0 Å². The summed E-state index contributed by atoms with van der Waals surface area (Å²) >= 11 is 0. The molecule has 0 rings (SSSR count). The third kappa shape index (κ3) is 14.6. The lowest BCUT2D eigenvalue weighted by molar-refractivity contribution is -0.161. The van der Waals surface area contributed by atoms with Crippen LogP contribution in [0.15, 0.2) is 0 Å². The van der Waals surface area contributed by atoms with Crippen LogP contribution in [0.1, 0.15) is 175 Å². The van der Waals surface area contributed by atoms with Crippen molar-refractivity contribution in [3.63, 3.8) is 0 Å². The minimum Gasteiger partial charge on any atom is -0.247 e. The highest BCUT2D eigenvalue weighted by Gasteiger charge is 2.44. The number of carbonyl (C=O) groups is 1. The SMILES string of the molecule is CCCCCCCCCC(CCCCCCCC)C(CC)(CCCCCCCC)C([O])=O. The van der Waals surface area contributed by atoms with Crippen molar-refractivity contribution in [1.29, 1.82) is 0 Å². The molecule has 191 valence electrons. The highest BCUT2D eigenvalue weighted by atomic mass is 16.4. The molecule has 0 amide bonds. The quantitative estimate of drug-likeness (QED) is 0.127. The molecule has 0 saturated carbocycles. The van der Waals surface area contributed by atoms with Crippen LogP contribution in [0.2, 0.25) is 0 Å². The summed E-state index contributed by atoms with van der Waals surface area (Å²) in [6, 6.07) is 0. The Morgan fingerprint density at radius 1 is 0.531 bits per heavy atom. The first-order valence-electron chi connectivity index (χ1n) is 14.8. The van der Waals surface area contributed by atoms with Crippen LogP contribution in [-0.2, 0) is 9.90 Å². The molecule has 0 aliphatic carbocycles. The first kappa shape index (κ1) is 31.5. The molecule has 0 aliphatic heterocycles. The van der Waals surface area contributed by atoms with Crippen molar-refractivity contribution in [2.75, 3.05) is 0 Å². The van der Waals surface area contributed by atoms with E-state index in [1.807, 2.05) is 0 Å². The average molecular weight is 452 g/mol. The Morgan fingerprint density at radius 3 is 1.22 bits per heavy atom. The lowest BCUT2D eigenvalue weighted by Gasteiger charge is -2.36. The van der Waals surface area contributed by atoms with Gasteiger partial charge in [-0.3, -0.25) is 0 Å².